The average molecular weight is 706 g/mol. The standard InChI is InChI=1S/C50H31N3S/c1-2-13-32-27-35(22-21-30(32)11-1)47-49-48(40-19-9-10-20-45(40)54-49)52-50(51-47)39-24-26-42(38-18-8-7-17-37(38)39)53-43-25-23-31-12-5-6-16-36(31)46(43)41-28-33-14-3-4-15-34(33)29-44(41)53/h1-29,47H,(H,51,52). The number of aromatic nitrogens is 1. The zero-order valence-corrected chi connectivity index (χ0v) is 29.9. The van der Waals surface area contributed by atoms with Crippen molar-refractivity contribution in [3.8, 4) is 5.69 Å². The van der Waals surface area contributed by atoms with Crippen LogP contribution in [0, 0.1) is 0 Å². The van der Waals surface area contributed by atoms with E-state index in [1.54, 1.807) is 0 Å². The Labute approximate surface area is 315 Å². The molecule has 252 valence electrons. The molecule has 0 amide bonds. The third-order valence-electron chi connectivity index (χ3n) is 11.4. The molecule has 2 aromatic heterocycles. The third kappa shape index (κ3) is 4.32. The Morgan fingerprint density at radius 1 is 0.481 bits per heavy atom. The second-order valence-electron chi connectivity index (χ2n) is 14.4. The van der Waals surface area contributed by atoms with Crippen molar-refractivity contribution in [3.05, 3.63) is 192 Å². The van der Waals surface area contributed by atoms with Gasteiger partial charge in [-0.25, -0.2) is 4.99 Å². The van der Waals surface area contributed by atoms with E-state index in [-0.39, 0.29) is 6.04 Å². The largest absolute Gasteiger partial charge is 0.358 e. The number of rotatable bonds is 3. The van der Waals surface area contributed by atoms with Gasteiger partial charge in [0, 0.05) is 31.8 Å². The van der Waals surface area contributed by atoms with Crippen molar-refractivity contribution in [1.29, 1.82) is 0 Å². The highest BCUT2D eigenvalue weighted by Gasteiger charge is 2.29. The van der Waals surface area contributed by atoms with Gasteiger partial charge >= 0.3 is 0 Å². The van der Waals surface area contributed by atoms with Gasteiger partial charge in [-0.1, -0.05) is 133 Å². The summed E-state index contributed by atoms with van der Waals surface area (Å²) in [5.41, 5.74) is 6.96. The molecule has 9 aromatic carbocycles. The van der Waals surface area contributed by atoms with Gasteiger partial charge in [0.1, 0.15) is 5.84 Å². The molecule has 12 rings (SSSR count). The van der Waals surface area contributed by atoms with Gasteiger partial charge in [-0.3, -0.25) is 0 Å². The smallest absolute Gasteiger partial charge is 0.135 e. The number of hydrogen-bond acceptors (Lipinski definition) is 3. The summed E-state index contributed by atoms with van der Waals surface area (Å²) in [5.74, 6) is 0.895. The van der Waals surface area contributed by atoms with Crippen molar-refractivity contribution < 1.29 is 0 Å². The van der Waals surface area contributed by atoms with Gasteiger partial charge in [-0.2, -0.15) is 0 Å². The number of aliphatic imine (C=N–C) groups is 1. The van der Waals surface area contributed by atoms with Gasteiger partial charge < -0.3 is 9.88 Å². The van der Waals surface area contributed by atoms with Crippen LogP contribution < -0.4 is 5.32 Å². The fourth-order valence-electron chi connectivity index (χ4n) is 8.89. The first-order valence-electron chi connectivity index (χ1n) is 18.5. The van der Waals surface area contributed by atoms with Crippen LogP contribution in [0.3, 0.4) is 0 Å². The molecule has 0 bridgehead atoms. The Morgan fingerprint density at radius 2 is 1.13 bits per heavy atom. The second kappa shape index (κ2) is 11.4. The van der Waals surface area contributed by atoms with Crippen molar-refractivity contribution in [1.82, 2.24) is 9.88 Å². The summed E-state index contributed by atoms with van der Waals surface area (Å²) in [6.45, 7) is 0. The van der Waals surface area contributed by atoms with Gasteiger partial charge in [0.25, 0.3) is 0 Å². The molecule has 1 unspecified atom stereocenters. The number of nitrogens with zero attached hydrogens (tertiary/aromatic N) is 2. The summed E-state index contributed by atoms with van der Waals surface area (Å²) in [6, 6.07) is 64.3. The molecule has 0 saturated heterocycles. The molecule has 1 aliphatic heterocycles. The van der Waals surface area contributed by atoms with E-state index in [2.05, 4.69) is 186 Å². The van der Waals surface area contributed by atoms with Crippen molar-refractivity contribution in [3.63, 3.8) is 0 Å². The van der Waals surface area contributed by atoms with Crippen LogP contribution in [0.25, 0.3) is 80.7 Å². The normalized spacial score (nSPS) is 14.4. The van der Waals surface area contributed by atoms with Crippen molar-refractivity contribution in [2.75, 3.05) is 0 Å². The SMILES string of the molecule is c1ccc2cc(C3NC(c4ccc(-n5c6cc7ccccc7cc6c6c7ccccc7ccc65)c5ccccc45)=Nc4c3sc3ccccc43)ccc2c1. The molecule has 1 atom stereocenters. The zero-order valence-electron chi connectivity index (χ0n) is 29.1. The van der Waals surface area contributed by atoms with Gasteiger partial charge in [-0.05, 0) is 85.7 Å². The number of thiophene rings is 1. The Bertz CT molecular complexity index is 3380. The predicted octanol–water partition coefficient (Wildman–Crippen LogP) is 13.4. The van der Waals surface area contributed by atoms with E-state index in [1.165, 1.54) is 80.0 Å². The van der Waals surface area contributed by atoms with E-state index in [9.17, 15) is 0 Å². The summed E-state index contributed by atoms with van der Waals surface area (Å²) < 4.78 is 3.74. The lowest BCUT2D eigenvalue weighted by molar-refractivity contribution is 0.768. The summed E-state index contributed by atoms with van der Waals surface area (Å²) in [7, 11) is 0. The van der Waals surface area contributed by atoms with Gasteiger partial charge in [0.2, 0.25) is 0 Å². The van der Waals surface area contributed by atoms with Crippen LogP contribution in [0.2, 0.25) is 0 Å². The molecule has 0 radical (unpaired) electrons. The van der Waals surface area contributed by atoms with Gasteiger partial charge in [0.15, 0.2) is 0 Å². The molecular formula is C50H31N3S. The minimum atomic E-state index is -0.0353. The van der Waals surface area contributed by atoms with E-state index < -0.39 is 0 Å². The van der Waals surface area contributed by atoms with Crippen molar-refractivity contribution in [2.45, 2.75) is 6.04 Å². The average Bonchev–Trinajstić information content (AvgIpc) is 3.77. The summed E-state index contributed by atoms with van der Waals surface area (Å²) >= 11 is 1.84. The van der Waals surface area contributed by atoms with Crippen LogP contribution in [0.5, 0.6) is 0 Å². The molecule has 11 aromatic rings. The lowest BCUT2D eigenvalue weighted by Gasteiger charge is -2.27. The Kier molecular flexibility index (Phi) is 6.27. The summed E-state index contributed by atoms with van der Waals surface area (Å²) in [6.07, 6.45) is 0. The topological polar surface area (TPSA) is 29.3 Å². The summed E-state index contributed by atoms with van der Waals surface area (Å²) in [4.78, 5) is 6.71. The predicted molar refractivity (Wildman–Crippen MR) is 230 cm³/mol. The minimum absolute atomic E-state index is 0.0353. The van der Waals surface area contributed by atoms with E-state index >= 15 is 0 Å². The molecule has 0 aliphatic carbocycles. The quantitative estimate of drug-likeness (QED) is 0.195. The highest BCUT2D eigenvalue weighted by atomic mass is 32.1. The molecule has 0 saturated carbocycles. The van der Waals surface area contributed by atoms with E-state index in [0.29, 0.717) is 0 Å². The number of nitrogens with one attached hydrogen (secondary N) is 1. The number of amidine groups is 1. The number of fused-ring (bicyclic) bond motifs is 11. The first-order chi connectivity index (χ1) is 26.8. The molecule has 54 heavy (non-hydrogen) atoms. The summed E-state index contributed by atoms with van der Waals surface area (Å²) in [5, 5.41) is 17.6. The Hall–Kier alpha value is -6.75. The van der Waals surface area contributed by atoms with E-state index in [1.807, 2.05) is 11.3 Å². The molecule has 0 fully saturated rings. The molecule has 3 heterocycles. The number of benzene rings is 9. The van der Waals surface area contributed by atoms with Gasteiger partial charge in [0.05, 0.1) is 33.3 Å². The van der Waals surface area contributed by atoms with Crippen molar-refractivity contribution >= 4 is 97.8 Å². The first kappa shape index (κ1) is 29.8. The fourth-order valence-corrected chi connectivity index (χ4v) is 10.1. The molecule has 0 spiro atoms. The molecular weight excluding hydrogens is 675 g/mol. The van der Waals surface area contributed by atoms with Gasteiger partial charge in [-0.15, -0.1) is 11.3 Å². The molecule has 3 nitrogen and oxygen atoms in total. The zero-order chi connectivity index (χ0) is 35.3. The number of hydrogen-bond donors (Lipinski definition) is 1. The van der Waals surface area contributed by atoms with Crippen LogP contribution in [-0.4, -0.2) is 10.4 Å². The highest BCUT2D eigenvalue weighted by molar-refractivity contribution is 7.19. The molecule has 4 heteroatoms. The fraction of sp³-hybridized carbons (Fsp3) is 0.0200. The maximum absolute atomic E-state index is 5.46. The second-order valence-corrected chi connectivity index (χ2v) is 15.4. The Balaban J connectivity index is 1.10. The van der Waals surface area contributed by atoms with Crippen LogP contribution >= 0.6 is 11.3 Å². The van der Waals surface area contributed by atoms with Crippen LogP contribution in [0.4, 0.5) is 5.69 Å². The third-order valence-corrected chi connectivity index (χ3v) is 12.6. The van der Waals surface area contributed by atoms with E-state index in [0.717, 1.165) is 28.2 Å². The lowest BCUT2D eigenvalue weighted by Crippen LogP contribution is -2.32. The van der Waals surface area contributed by atoms with Crippen LogP contribution in [0.1, 0.15) is 22.0 Å². The van der Waals surface area contributed by atoms with Crippen molar-refractivity contribution in [2.24, 2.45) is 4.99 Å². The minimum Gasteiger partial charge on any atom is -0.358 e. The Morgan fingerprint density at radius 3 is 1.96 bits per heavy atom. The lowest BCUT2D eigenvalue weighted by atomic mass is 9.96. The maximum Gasteiger partial charge on any atom is 0.135 e. The highest BCUT2D eigenvalue weighted by Crippen LogP contribution is 2.47. The molecule has 1 aliphatic rings. The molecule has 1 N–H and O–H groups in total. The first-order valence-corrected chi connectivity index (χ1v) is 19.3. The van der Waals surface area contributed by atoms with Crippen LogP contribution in [0.15, 0.2) is 181 Å². The van der Waals surface area contributed by atoms with E-state index in [4.69, 9.17) is 4.99 Å². The van der Waals surface area contributed by atoms with Crippen LogP contribution in [-0.2, 0) is 0 Å². The monoisotopic (exact) mass is 705 g/mol. The maximum atomic E-state index is 5.46.